The molecule has 16 heavy (non-hydrogen) atoms. The van der Waals surface area contributed by atoms with Crippen LogP contribution in [0.25, 0.3) is 0 Å². The van der Waals surface area contributed by atoms with Crippen LogP contribution < -0.4 is 0 Å². The predicted molar refractivity (Wildman–Crippen MR) is 69.2 cm³/mol. The molecule has 0 bridgehead atoms. The molecule has 2 fully saturated rings. The van der Waals surface area contributed by atoms with Crippen molar-refractivity contribution in [3.63, 3.8) is 0 Å². The molecule has 4 heteroatoms. The van der Waals surface area contributed by atoms with Gasteiger partial charge in [0, 0.05) is 54.5 Å². The van der Waals surface area contributed by atoms with Crippen molar-refractivity contribution in [1.82, 2.24) is 9.80 Å². The van der Waals surface area contributed by atoms with E-state index in [1.54, 1.807) is 0 Å². The quantitative estimate of drug-likeness (QED) is 0.735. The SMILES string of the molecule is CC(CCS(C)=O)N1CCN2CCCC2C1. The Bertz CT molecular complexity index is 259. The molecule has 0 aromatic rings. The lowest BCUT2D eigenvalue weighted by Crippen LogP contribution is -2.52. The van der Waals surface area contributed by atoms with Crippen LogP contribution in [0.4, 0.5) is 0 Å². The molecule has 0 spiro atoms. The van der Waals surface area contributed by atoms with Crippen LogP contribution in [-0.4, -0.2) is 64.3 Å². The van der Waals surface area contributed by atoms with Crippen LogP contribution in [0.1, 0.15) is 26.2 Å². The summed E-state index contributed by atoms with van der Waals surface area (Å²) >= 11 is 0. The summed E-state index contributed by atoms with van der Waals surface area (Å²) in [4.78, 5) is 5.24. The molecule has 0 radical (unpaired) electrons. The molecule has 2 aliphatic heterocycles. The molecule has 3 atom stereocenters. The molecule has 0 amide bonds. The Balaban J connectivity index is 1.79. The van der Waals surface area contributed by atoms with Crippen LogP contribution in [0.2, 0.25) is 0 Å². The number of rotatable bonds is 4. The lowest BCUT2D eigenvalue weighted by molar-refractivity contribution is 0.0762. The third-order valence-electron chi connectivity index (χ3n) is 4.07. The molecule has 0 aliphatic carbocycles. The molecular weight excluding hydrogens is 220 g/mol. The zero-order chi connectivity index (χ0) is 11.5. The molecule has 2 rings (SSSR count). The second kappa shape index (κ2) is 5.61. The minimum Gasteiger partial charge on any atom is -0.298 e. The first kappa shape index (κ1) is 12.5. The van der Waals surface area contributed by atoms with E-state index in [0.29, 0.717) is 6.04 Å². The zero-order valence-corrected chi connectivity index (χ0v) is 11.3. The Morgan fingerprint density at radius 1 is 1.38 bits per heavy atom. The summed E-state index contributed by atoms with van der Waals surface area (Å²) in [5, 5.41) is 0. The van der Waals surface area contributed by atoms with Gasteiger partial charge in [0.25, 0.3) is 0 Å². The van der Waals surface area contributed by atoms with Gasteiger partial charge in [0.2, 0.25) is 0 Å². The minimum absolute atomic E-state index is 0.603. The fourth-order valence-corrected chi connectivity index (χ4v) is 3.61. The standard InChI is InChI=1S/C12H24N2OS/c1-11(5-9-16(2)15)14-8-7-13-6-3-4-12(13)10-14/h11-12H,3-10H2,1-2H3. The molecule has 3 unspecified atom stereocenters. The van der Waals surface area contributed by atoms with Crippen LogP contribution in [0.5, 0.6) is 0 Å². The molecular formula is C12H24N2OS. The zero-order valence-electron chi connectivity index (χ0n) is 10.5. The topological polar surface area (TPSA) is 23.6 Å². The van der Waals surface area contributed by atoms with E-state index in [0.717, 1.165) is 18.2 Å². The van der Waals surface area contributed by atoms with Gasteiger partial charge in [-0.25, -0.2) is 0 Å². The highest BCUT2D eigenvalue weighted by Crippen LogP contribution is 2.23. The summed E-state index contributed by atoms with van der Waals surface area (Å²) < 4.78 is 11.1. The van der Waals surface area contributed by atoms with Crippen molar-refractivity contribution in [3.05, 3.63) is 0 Å². The Hall–Kier alpha value is 0.0700. The average molecular weight is 244 g/mol. The lowest BCUT2D eigenvalue weighted by atomic mass is 10.1. The Morgan fingerprint density at radius 2 is 2.19 bits per heavy atom. The molecule has 0 aromatic heterocycles. The van der Waals surface area contributed by atoms with Crippen LogP contribution in [0, 0.1) is 0 Å². The Kier molecular flexibility index (Phi) is 4.39. The van der Waals surface area contributed by atoms with E-state index in [4.69, 9.17) is 0 Å². The summed E-state index contributed by atoms with van der Waals surface area (Å²) in [6.45, 7) is 7.28. The normalized spacial score (nSPS) is 31.2. The largest absolute Gasteiger partial charge is 0.298 e. The van der Waals surface area contributed by atoms with E-state index in [1.807, 2.05) is 6.26 Å². The number of piperazine rings is 1. The van der Waals surface area contributed by atoms with Crippen molar-refractivity contribution in [2.24, 2.45) is 0 Å². The van der Waals surface area contributed by atoms with Crippen molar-refractivity contribution < 1.29 is 4.21 Å². The molecule has 94 valence electrons. The highest BCUT2D eigenvalue weighted by Gasteiger charge is 2.31. The van der Waals surface area contributed by atoms with Crippen LogP contribution in [-0.2, 0) is 10.8 Å². The van der Waals surface area contributed by atoms with E-state index in [1.165, 1.54) is 39.0 Å². The Labute approximate surface area is 102 Å². The maximum atomic E-state index is 11.1. The third-order valence-corrected chi connectivity index (χ3v) is 4.88. The molecule has 2 heterocycles. The fraction of sp³-hybridized carbons (Fsp3) is 1.00. The third kappa shape index (κ3) is 3.05. The van der Waals surface area contributed by atoms with Crippen molar-refractivity contribution >= 4 is 10.8 Å². The highest BCUT2D eigenvalue weighted by molar-refractivity contribution is 7.84. The summed E-state index contributed by atoms with van der Waals surface area (Å²) in [5.74, 6) is 0.853. The second-order valence-electron chi connectivity index (χ2n) is 5.24. The maximum Gasteiger partial charge on any atom is 0.0246 e. The first-order chi connectivity index (χ1) is 7.66. The molecule has 3 nitrogen and oxygen atoms in total. The highest BCUT2D eigenvalue weighted by atomic mass is 32.2. The van der Waals surface area contributed by atoms with Gasteiger partial charge in [0.15, 0.2) is 0 Å². The molecule has 2 saturated heterocycles. The van der Waals surface area contributed by atoms with Gasteiger partial charge < -0.3 is 0 Å². The predicted octanol–water partition coefficient (Wildman–Crippen LogP) is 0.924. The molecule has 2 aliphatic rings. The van der Waals surface area contributed by atoms with Crippen molar-refractivity contribution in [2.45, 2.75) is 38.3 Å². The van der Waals surface area contributed by atoms with Crippen LogP contribution in [0.3, 0.4) is 0 Å². The summed E-state index contributed by atoms with van der Waals surface area (Å²) in [6, 6.07) is 1.41. The van der Waals surface area contributed by atoms with E-state index < -0.39 is 10.8 Å². The van der Waals surface area contributed by atoms with Crippen molar-refractivity contribution in [3.8, 4) is 0 Å². The summed E-state index contributed by atoms with van der Waals surface area (Å²) in [5.41, 5.74) is 0. The number of fused-ring (bicyclic) bond motifs is 1. The van der Waals surface area contributed by atoms with Crippen LogP contribution in [0.15, 0.2) is 0 Å². The molecule has 0 saturated carbocycles. The first-order valence-electron chi connectivity index (χ1n) is 6.45. The maximum absolute atomic E-state index is 11.1. The Morgan fingerprint density at radius 3 is 2.94 bits per heavy atom. The number of nitrogens with zero attached hydrogens (tertiary/aromatic N) is 2. The fourth-order valence-electron chi connectivity index (χ4n) is 2.93. The smallest absolute Gasteiger partial charge is 0.0246 e. The van der Waals surface area contributed by atoms with Crippen molar-refractivity contribution in [2.75, 3.05) is 38.2 Å². The minimum atomic E-state index is -0.633. The number of hydrogen-bond donors (Lipinski definition) is 0. The van der Waals surface area contributed by atoms with Crippen molar-refractivity contribution in [1.29, 1.82) is 0 Å². The lowest BCUT2D eigenvalue weighted by Gasteiger charge is -2.40. The van der Waals surface area contributed by atoms with E-state index in [9.17, 15) is 4.21 Å². The number of hydrogen-bond acceptors (Lipinski definition) is 3. The van der Waals surface area contributed by atoms with Gasteiger partial charge in [-0.1, -0.05) is 0 Å². The van der Waals surface area contributed by atoms with E-state index in [-0.39, 0.29) is 0 Å². The summed E-state index contributed by atoms with van der Waals surface area (Å²) in [6.07, 6.45) is 5.65. The summed E-state index contributed by atoms with van der Waals surface area (Å²) in [7, 11) is -0.633. The molecule has 0 N–H and O–H groups in total. The van der Waals surface area contributed by atoms with Gasteiger partial charge >= 0.3 is 0 Å². The van der Waals surface area contributed by atoms with Crippen LogP contribution >= 0.6 is 0 Å². The second-order valence-corrected chi connectivity index (χ2v) is 6.80. The van der Waals surface area contributed by atoms with Gasteiger partial charge in [-0.15, -0.1) is 0 Å². The van der Waals surface area contributed by atoms with Gasteiger partial charge in [-0.2, -0.15) is 0 Å². The van der Waals surface area contributed by atoms with Gasteiger partial charge in [0.05, 0.1) is 0 Å². The van der Waals surface area contributed by atoms with Gasteiger partial charge in [-0.3, -0.25) is 14.0 Å². The average Bonchev–Trinajstić information content (AvgIpc) is 2.72. The van der Waals surface area contributed by atoms with E-state index >= 15 is 0 Å². The first-order valence-corrected chi connectivity index (χ1v) is 8.17. The van der Waals surface area contributed by atoms with Gasteiger partial charge in [0.1, 0.15) is 0 Å². The molecule has 0 aromatic carbocycles. The monoisotopic (exact) mass is 244 g/mol. The van der Waals surface area contributed by atoms with Gasteiger partial charge in [-0.05, 0) is 32.7 Å². The van der Waals surface area contributed by atoms with E-state index in [2.05, 4.69) is 16.7 Å².